The number of benzene rings is 2. The van der Waals surface area contributed by atoms with E-state index in [2.05, 4.69) is 20.9 Å². The van der Waals surface area contributed by atoms with Gasteiger partial charge in [0, 0.05) is 43.0 Å². The molecule has 8 nitrogen and oxygen atoms in total. The van der Waals surface area contributed by atoms with E-state index in [9.17, 15) is 9.59 Å². The van der Waals surface area contributed by atoms with Gasteiger partial charge in [-0.15, -0.1) is 0 Å². The second kappa shape index (κ2) is 10.7. The maximum atomic E-state index is 12.4. The smallest absolute Gasteiger partial charge is 0.269 e. The minimum Gasteiger partial charge on any atom is -0.457 e. The van der Waals surface area contributed by atoms with Crippen LogP contribution in [0.2, 0.25) is 0 Å². The van der Waals surface area contributed by atoms with E-state index in [1.165, 1.54) is 0 Å². The van der Waals surface area contributed by atoms with Gasteiger partial charge in [0.25, 0.3) is 11.8 Å². The SMILES string of the molecule is CNC(=O)c1cc(Oc2ccc3nc(N[C@H]4CC[C@H](NC(=O)c5ccccc5)CC4)sc3c2)ccn1. The summed E-state index contributed by atoms with van der Waals surface area (Å²) in [4.78, 5) is 33.0. The number of fused-ring (bicyclic) bond motifs is 1. The molecule has 1 aliphatic carbocycles. The molecule has 0 aliphatic heterocycles. The lowest BCUT2D eigenvalue weighted by Crippen LogP contribution is -2.40. The fourth-order valence-electron chi connectivity index (χ4n) is 4.31. The summed E-state index contributed by atoms with van der Waals surface area (Å²) >= 11 is 1.59. The normalized spacial score (nSPS) is 17.4. The lowest BCUT2D eigenvalue weighted by atomic mass is 9.91. The first-order valence-electron chi connectivity index (χ1n) is 12.0. The maximum absolute atomic E-state index is 12.4. The molecule has 0 saturated heterocycles. The Morgan fingerprint density at radius 2 is 1.67 bits per heavy atom. The van der Waals surface area contributed by atoms with E-state index in [-0.39, 0.29) is 17.9 Å². The number of amides is 2. The molecule has 184 valence electrons. The third kappa shape index (κ3) is 5.63. The van der Waals surface area contributed by atoms with Crippen molar-refractivity contribution in [3.63, 3.8) is 0 Å². The van der Waals surface area contributed by atoms with Crippen molar-refractivity contribution in [2.24, 2.45) is 0 Å². The second-order valence-electron chi connectivity index (χ2n) is 8.74. The first kappa shape index (κ1) is 23.7. The number of nitrogens with one attached hydrogen (secondary N) is 3. The fourth-order valence-corrected chi connectivity index (χ4v) is 5.28. The van der Waals surface area contributed by atoms with E-state index < -0.39 is 0 Å². The number of hydrogen-bond donors (Lipinski definition) is 3. The first-order valence-corrected chi connectivity index (χ1v) is 12.8. The van der Waals surface area contributed by atoms with Crippen LogP contribution in [-0.2, 0) is 0 Å². The lowest BCUT2D eigenvalue weighted by molar-refractivity contribution is 0.0924. The zero-order valence-corrected chi connectivity index (χ0v) is 20.7. The highest BCUT2D eigenvalue weighted by molar-refractivity contribution is 7.22. The molecule has 3 N–H and O–H groups in total. The van der Waals surface area contributed by atoms with E-state index >= 15 is 0 Å². The predicted octanol–water partition coefficient (Wildman–Crippen LogP) is 5.00. The van der Waals surface area contributed by atoms with Crippen molar-refractivity contribution in [3.8, 4) is 11.5 Å². The van der Waals surface area contributed by atoms with Crippen LogP contribution in [0.25, 0.3) is 10.2 Å². The molecular weight excluding hydrogens is 474 g/mol. The van der Waals surface area contributed by atoms with Crippen molar-refractivity contribution in [1.29, 1.82) is 0 Å². The van der Waals surface area contributed by atoms with Crippen molar-refractivity contribution in [1.82, 2.24) is 20.6 Å². The van der Waals surface area contributed by atoms with Gasteiger partial charge in [-0.25, -0.2) is 4.98 Å². The molecule has 1 saturated carbocycles. The topological polar surface area (TPSA) is 105 Å². The Hall–Kier alpha value is -3.98. The standard InChI is InChI=1S/C27H27N5O3S/c1-28-26(34)23-15-21(13-14-29-23)35-20-11-12-22-24(16-20)36-27(32-22)31-19-9-7-18(8-10-19)30-25(33)17-5-3-2-4-6-17/h2-6,11-16,18-19H,7-10H2,1H3,(H,28,34)(H,30,33)(H,31,32)/t18-,19-. The number of ether oxygens (including phenoxy) is 1. The Bertz CT molecular complexity index is 1370. The van der Waals surface area contributed by atoms with Crippen molar-refractivity contribution in [2.75, 3.05) is 12.4 Å². The highest BCUT2D eigenvalue weighted by Crippen LogP contribution is 2.33. The largest absolute Gasteiger partial charge is 0.457 e. The predicted molar refractivity (Wildman–Crippen MR) is 141 cm³/mol. The Labute approximate surface area is 213 Å². The number of nitrogens with zero attached hydrogens (tertiary/aromatic N) is 2. The van der Waals surface area contributed by atoms with Gasteiger partial charge < -0.3 is 20.7 Å². The van der Waals surface area contributed by atoms with E-state index in [0.29, 0.717) is 28.8 Å². The fraction of sp³-hybridized carbons (Fsp3) is 0.259. The summed E-state index contributed by atoms with van der Waals surface area (Å²) in [5.74, 6) is 0.942. The summed E-state index contributed by atoms with van der Waals surface area (Å²) in [7, 11) is 1.57. The van der Waals surface area contributed by atoms with E-state index in [4.69, 9.17) is 9.72 Å². The molecule has 0 unspecified atom stereocenters. The number of aromatic nitrogens is 2. The average molecular weight is 502 g/mol. The van der Waals surface area contributed by atoms with Gasteiger partial charge in [-0.3, -0.25) is 14.6 Å². The Morgan fingerprint density at radius 3 is 2.44 bits per heavy atom. The molecule has 4 aromatic rings. The van der Waals surface area contributed by atoms with Gasteiger partial charge in [-0.2, -0.15) is 0 Å². The van der Waals surface area contributed by atoms with Crippen molar-refractivity contribution >= 4 is 38.5 Å². The minimum atomic E-state index is -0.262. The number of rotatable bonds is 7. The number of carbonyl (C=O) groups excluding carboxylic acids is 2. The van der Waals surface area contributed by atoms with Crippen LogP contribution >= 0.6 is 11.3 Å². The summed E-state index contributed by atoms with van der Waals surface area (Å²) in [6.45, 7) is 0. The molecule has 2 aromatic carbocycles. The van der Waals surface area contributed by atoms with E-state index in [1.54, 1.807) is 36.7 Å². The second-order valence-corrected chi connectivity index (χ2v) is 9.77. The number of carbonyl (C=O) groups is 2. The number of hydrogen-bond acceptors (Lipinski definition) is 7. The number of pyridine rings is 1. The summed E-state index contributed by atoms with van der Waals surface area (Å²) < 4.78 is 6.97. The zero-order valence-electron chi connectivity index (χ0n) is 19.9. The quantitative estimate of drug-likeness (QED) is 0.329. The summed E-state index contributed by atoms with van der Waals surface area (Å²) in [6, 6.07) is 19.0. The van der Waals surface area contributed by atoms with Crippen LogP contribution in [0.15, 0.2) is 66.9 Å². The first-order chi connectivity index (χ1) is 17.6. The van der Waals surface area contributed by atoms with Gasteiger partial charge >= 0.3 is 0 Å². The third-order valence-corrected chi connectivity index (χ3v) is 7.16. The van der Waals surface area contributed by atoms with Gasteiger partial charge in [0.05, 0.1) is 10.2 Å². The van der Waals surface area contributed by atoms with Gasteiger partial charge in [0.1, 0.15) is 17.2 Å². The average Bonchev–Trinajstić information content (AvgIpc) is 3.31. The molecule has 36 heavy (non-hydrogen) atoms. The molecule has 2 amide bonds. The zero-order chi connectivity index (χ0) is 24.9. The van der Waals surface area contributed by atoms with Crippen LogP contribution in [0.1, 0.15) is 46.5 Å². The molecule has 2 heterocycles. The van der Waals surface area contributed by atoms with Crippen LogP contribution in [0.5, 0.6) is 11.5 Å². The van der Waals surface area contributed by atoms with Crippen molar-refractivity contribution < 1.29 is 14.3 Å². The van der Waals surface area contributed by atoms with Crippen LogP contribution < -0.4 is 20.7 Å². The molecule has 5 rings (SSSR count). The van der Waals surface area contributed by atoms with Crippen molar-refractivity contribution in [2.45, 2.75) is 37.8 Å². The number of thiazole rings is 1. The molecule has 2 aromatic heterocycles. The summed E-state index contributed by atoms with van der Waals surface area (Å²) in [5.41, 5.74) is 1.90. The van der Waals surface area contributed by atoms with E-state index in [1.807, 2.05) is 48.5 Å². The Morgan fingerprint density at radius 1 is 0.917 bits per heavy atom. The molecule has 1 aliphatic rings. The lowest BCUT2D eigenvalue weighted by Gasteiger charge is -2.29. The molecule has 0 bridgehead atoms. The van der Waals surface area contributed by atoms with Crippen LogP contribution in [0, 0.1) is 0 Å². The summed E-state index contributed by atoms with van der Waals surface area (Å²) in [5, 5.41) is 10.2. The number of anilines is 1. The van der Waals surface area contributed by atoms with Gasteiger partial charge in [0.15, 0.2) is 5.13 Å². The van der Waals surface area contributed by atoms with Crippen LogP contribution in [-0.4, -0.2) is 40.9 Å². The molecular formula is C27H27N5O3S. The highest BCUT2D eigenvalue weighted by Gasteiger charge is 2.23. The monoisotopic (exact) mass is 501 g/mol. The van der Waals surface area contributed by atoms with Crippen LogP contribution in [0.3, 0.4) is 0 Å². The minimum absolute atomic E-state index is 0.00664. The Balaban J connectivity index is 1.17. The molecule has 1 fully saturated rings. The van der Waals surface area contributed by atoms with Gasteiger partial charge in [-0.1, -0.05) is 29.5 Å². The maximum Gasteiger partial charge on any atom is 0.269 e. The molecule has 0 spiro atoms. The van der Waals surface area contributed by atoms with E-state index in [0.717, 1.165) is 41.0 Å². The van der Waals surface area contributed by atoms with Crippen LogP contribution in [0.4, 0.5) is 5.13 Å². The Kier molecular flexibility index (Phi) is 7.08. The molecule has 9 heteroatoms. The molecule has 0 radical (unpaired) electrons. The van der Waals surface area contributed by atoms with Crippen molar-refractivity contribution in [3.05, 3.63) is 78.1 Å². The molecule has 0 atom stereocenters. The third-order valence-electron chi connectivity index (χ3n) is 6.21. The highest BCUT2D eigenvalue weighted by atomic mass is 32.1. The summed E-state index contributed by atoms with van der Waals surface area (Å²) in [6.07, 6.45) is 5.36. The van der Waals surface area contributed by atoms with Gasteiger partial charge in [0.2, 0.25) is 0 Å². The van der Waals surface area contributed by atoms with Gasteiger partial charge in [-0.05, 0) is 56.0 Å².